The molecule has 3 nitrogen and oxygen atoms in total. The summed E-state index contributed by atoms with van der Waals surface area (Å²) in [5, 5.41) is 0. The number of aromatic amines is 1. The summed E-state index contributed by atoms with van der Waals surface area (Å²) in [7, 11) is 2.12. The van der Waals surface area contributed by atoms with Gasteiger partial charge in [-0.2, -0.15) is 0 Å². The Balaban J connectivity index is 2.25. The molecule has 0 spiro atoms. The van der Waals surface area contributed by atoms with E-state index in [-0.39, 0.29) is 0 Å². The molecule has 1 aromatic heterocycles. The molecule has 0 unspecified atom stereocenters. The standard InChI is InChI=1S/C11H15N3/c1-3-14(2)7-9-4-5-10-11(6-9)13-8-12-10/h4-6,8H,3,7H2,1-2H3,(H,12,13). The van der Waals surface area contributed by atoms with E-state index in [1.54, 1.807) is 6.33 Å². The van der Waals surface area contributed by atoms with E-state index in [2.05, 4.69) is 47.0 Å². The summed E-state index contributed by atoms with van der Waals surface area (Å²) in [5.74, 6) is 0. The normalized spacial score (nSPS) is 11.4. The topological polar surface area (TPSA) is 31.9 Å². The number of H-pyrrole nitrogens is 1. The lowest BCUT2D eigenvalue weighted by Gasteiger charge is -2.13. The Bertz CT molecular complexity index is 419. The van der Waals surface area contributed by atoms with E-state index in [0.717, 1.165) is 24.1 Å². The second kappa shape index (κ2) is 3.80. The van der Waals surface area contributed by atoms with Crippen molar-refractivity contribution in [2.24, 2.45) is 0 Å². The van der Waals surface area contributed by atoms with E-state index >= 15 is 0 Å². The van der Waals surface area contributed by atoms with Gasteiger partial charge in [-0.1, -0.05) is 13.0 Å². The van der Waals surface area contributed by atoms with Crippen LogP contribution in [0.5, 0.6) is 0 Å². The van der Waals surface area contributed by atoms with Crippen molar-refractivity contribution in [3.05, 3.63) is 30.1 Å². The lowest BCUT2D eigenvalue weighted by molar-refractivity contribution is 0.346. The summed E-state index contributed by atoms with van der Waals surface area (Å²) in [4.78, 5) is 9.59. The minimum Gasteiger partial charge on any atom is -0.345 e. The first-order valence-electron chi connectivity index (χ1n) is 4.90. The molecule has 0 bridgehead atoms. The molecular formula is C11H15N3. The van der Waals surface area contributed by atoms with E-state index in [0.29, 0.717) is 0 Å². The van der Waals surface area contributed by atoms with Crippen LogP contribution in [0, 0.1) is 0 Å². The molecule has 74 valence electrons. The fourth-order valence-electron chi connectivity index (χ4n) is 1.50. The smallest absolute Gasteiger partial charge is 0.0931 e. The van der Waals surface area contributed by atoms with Crippen LogP contribution in [-0.4, -0.2) is 28.5 Å². The van der Waals surface area contributed by atoms with Crippen LogP contribution in [0.4, 0.5) is 0 Å². The molecule has 0 fully saturated rings. The first kappa shape index (κ1) is 9.21. The van der Waals surface area contributed by atoms with E-state index in [1.807, 2.05) is 0 Å². The maximum atomic E-state index is 4.19. The first-order chi connectivity index (χ1) is 6.79. The molecule has 1 heterocycles. The number of nitrogens with one attached hydrogen (secondary N) is 1. The van der Waals surface area contributed by atoms with Crippen LogP contribution < -0.4 is 0 Å². The predicted molar refractivity (Wildman–Crippen MR) is 58.1 cm³/mol. The molecule has 0 saturated carbocycles. The van der Waals surface area contributed by atoms with Gasteiger partial charge in [-0.25, -0.2) is 4.98 Å². The van der Waals surface area contributed by atoms with Crippen molar-refractivity contribution >= 4 is 11.0 Å². The van der Waals surface area contributed by atoms with Crippen molar-refractivity contribution in [2.75, 3.05) is 13.6 Å². The Morgan fingerprint density at radius 2 is 2.29 bits per heavy atom. The minimum atomic E-state index is 0.992. The van der Waals surface area contributed by atoms with Gasteiger partial charge in [0, 0.05) is 6.54 Å². The zero-order valence-corrected chi connectivity index (χ0v) is 8.62. The highest BCUT2D eigenvalue weighted by atomic mass is 15.1. The van der Waals surface area contributed by atoms with Gasteiger partial charge in [-0.15, -0.1) is 0 Å². The molecule has 0 aliphatic carbocycles. The van der Waals surface area contributed by atoms with Crippen LogP contribution in [0.15, 0.2) is 24.5 Å². The molecule has 1 N–H and O–H groups in total. The third-order valence-electron chi connectivity index (χ3n) is 2.48. The molecular weight excluding hydrogens is 174 g/mol. The van der Waals surface area contributed by atoms with Gasteiger partial charge >= 0.3 is 0 Å². The summed E-state index contributed by atoms with van der Waals surface area (Å²) in [6.07, 6.45) is 1.73. The van der Waals surface area contributed by atoms with Crippen molar-refractivity contribution in [2.45, 2.75) is 13.5 Å². The molecule has 2 aromatic rings. The van der Waals surface area contributed by atoms with E-state index in [1.165, 1.54) is 5.56 Å². The molecule has 3 heteroatoms. The summed E-state index contributed by atoms with van der Waals surface area (Å²) in [5.41, 5.74) is 3.48. The highest BCUT2D eigenvalue weighted by Crippen LogP contribution is 2.12. The Morgan fingerprint density at radius 1 is 1.43 bits per heavy atom. The van der Waals surface area contributed by atoms with Crippen LogP contribution in [0.3, 0.4) is 0 Å². The summed E-state index contributed by atoms with van der Waals surface area (Å²) >= 11 is 0. The van der Waals surface area contributed by atoms with Crippen LogP contribution in [-0.2, 0) is 6.54 Å². The van der Waals surface area contributed by atoms with Crippen LogP contribution in [0.25, 0.3) is 11.0 Å². The molecule has 0 amide bonds. The molecule has 0 radical (unpaired) electrons. The van der Waals surface area contributed by atoms with Gasteiger partial charge in [-0.3, -0.25) is 0 Å². The second-order valence-electron chi connectivity index (χ2n) is 3.58. The quantitative estimate of drug-likeness (QED) is 0.801. The van der Waals surface area contributed by atoms with Crippen LogP contribution >= 0.6 is 0 Å². The number of benzene rings is 1. The molecule has 0 saturated heterocycles. The molecule has 14 heavy (non-hydrogen) atoms. The Morgan fingerprint density at radius 3 is 3.07 bits per heavy atom. The highest BCUT2D eigenvalue weighted by Gasteiger charge is 2.00. The Hall–Kier alpha value is -1.35. The SMILES string of the molecule is CCN(C)Cc1ccc2nc[nH]c2c1. The number of fused-ring (bicyclic) bond motifs is 1. The fourth-order valence-corrected chi connectivity index (χ4v) is 1.50. The molecule has 1 aromatic carbocycles. The zero-order valence-electron chi connectivity index (χ0n) is 8.62. The van der Waals surface area contributed by atoms with Gasteiger partial charge in [-0.05, 0) is 31.3 Å². The maximum Gasteiger partial charge on any atom is 0.0931 e. The van der Waals surface area contributed by atoms with Gasteiger partial charge in [0.1, 0.15) is 0 Å². The summed E-state index contributed by atoms with van der Waals surface area (Å²) in [6.45, 7) is 4.22. The number of nitrogens with zero attached hydrogens (tertiary/aromatic N) is 2. The number of hydrogen-bond acceptors (Lipinski definition) is 2. The van der Waals surface area contributed by atoms with Gasteiger partial charge in [0.25, 0.3) is 0 Å². The van der Waals surface area contributed by atoms with Crippen LogP contribution in [0.1, 0.15) is 12.5 Å². The van der Waals surface area contributed by atoms with E-state index < -0.39 is 0 Å². The number of rotatable bonds is 3. The van der Waals surface area contributed by atoms with Crippen molar-refractivity contribution < 1.29 is 0 Å². The second-order valence-corrected chi connectivity index (χ2v) is 3.58. The Labute approximate surface area is 83.8 Å². The van der Waals surface area contributed by atoms with Crippen molar-refractivity contribution in [1.29, 1.82) is 0 Å². The van der Waals surface area contributed by atoms with Gasteiger partial charge < -0.3 is 9.88 Å². The predicted octanol–water partition coefficient (Wildman–Crippen LogP) is 2.01. The number of imidazole rings is 1. The first-order valence-corrected chi connectivity index (χ1v) is 4.90. The van der Waals surface area contributed by atoms with Crippen molar-refractivity contribution in [1.82, 2.24) is 14.9 Å². The molecule has 0 atom stereocenters. The minimum absolute atomic E-state index is 0.992. The van der Waals surface area contributed by atoms with Gasteiger partial charge in [0.05, 0.1) is 17.4 Å². The largest absolute Gasteiger partial charge is 0.345 e. The maximum absolute atomic E-state index is 4.19. The fraction of sp³-hybridized carbons (Fsp3) is 0.364. The average molecular weight is 189 g/mol. The summed E-state index contributed by atoms with van der Waals surface area (Å²) < 4.78 is 0. The van der Waals surface area contributed by atoms with E-state index in [9.17, 15) is 0 Å². The van der Waals surface area contributed by atoms with E-state index in [4.69, 9.17) is 0 Å². The zero-order chi connectivity index (χ0) is 9.97. The number of hydrogen-bond donors (Lipinski definition) is 1. The molecule has 2 rings (SSSR count). The summed E-state index contributed by atoms with van der Waals surface area (Å²) in [6, 6.07) is 6.36. The third kappa shape index (κ3) is 1.77. The lowest BCUT2D eigenvalue weighted by Crippen LogP contribution is -2.16. The van der Waals surface area contributed by atoms with Crippen molar-refractivity contribution in [3.8, 4) is 0 Å². The van der Waals surface area contributed by atoms with Gasteiger partial charge in [0.15, 0.2) is 0 Å². The van der Waals surface area contributed by atoms with Crippen molar-refractivity contribution in [3.63, 3.8) is 0 Å². The third-order valence-corrected chi connectivity index (χ3v) is 2.48. The number of aromatic nitrogens is 2. The van der Waals surface area contributed by atoms with Gasteiger partial charge in [0.2, 0.25) is 0 Å². The monoisotopic (exact) mass is 189 g/mol. The van der Waals surface area contributed by atoms with Crippen LogP contribution in [0.2, 0.25) is 0 Å². The highest BCUT2D eigenvalue weighted by molar-refractivity contribution is 5.74. The Kier molecular flexibility index (Phi) is 2.50. The average Bonchev–Trinajstić information content (AvgIpc) is 2.64. The molecule has 0 aliphatic heterocycles. The molecule has 0 aliphatic rings. The lowest BCUT2D eigenvalue weighted by atomic mass is 10.2.